The van der Waals surface area contributed by atoms with Gasteiger partial charge in [-0.3, -0.25) is 4.79 Å². The van der Waals surface area contributed by atoms with Crippen molar-refractivity contribution in [2.24, 2.45) is 5.92 Å². The minimum Gasteiger partial charge on any atom is -0.535 e. The second-order valence-electron chi connectivity index (χ2n) is 7.11. The van der Waals surface area contributed by atoms with Gasteiger partial charge in [-0.15, -0.1) is 0 Å². The first-order chi connectivity index (χ1) is 12.5. The van der Waals surface area contributed by atoms with Crippen LogP contribution >= 0.6 is 0 Å². The highest BCUT2D eigenvalue weighted by Crippen LogP contribution is 2.37. The number of carbonyl (C=O) groups is 2. The van der Waals surface area contributed by atoms with Gasteiger partial charge in [-0.05, 0) is 43.4 Å². The molecule has 138 valence electrons. The Balaban J connectivity index is 1.42. The minimum atomic E-state index is -1.16. The molecule has 0 spiro atoms. The number of nitrogens with zero attached hydrogens (tertiary/aromatic N) is 1. The molecule has 1 amide bonds. The summed E-state index contributed by atoms with van der Waals surface area (Å²) in [6.07, 6.45) is 1.30. The number of carbonyl (C=O) groups excluding carboxylic acids is 1. The number of hydrogen-bond donors (Lipinski definition) is 3. The molecule has 2 saturated heterocycles. The summed E-state index contributed by atoms with van der Waals surface area (Å²) in [6.45, 7) is 2.70. The largest absolute Gasteiger partial charge is 0.535 e. The van der Waals surface area contributed by atoms with Crippen molar-refractivity contribution in [2.45, 2.75) is 25.3 Å². The standard InChI is InChI=1S/C17H21BN2O6/c21-14(5-10-6-19-7-10)20-8-12(9-20)25-13-2-1-11-3-4-18(24)26-16(11)15(13)17(22)23/h1-2,10,12,19,24H,3-9H2,(H,22,23). The van der Waals surface area contributed by atoms with E-state index in [0.717, 1.165) is 18.7 Å². The van der Waals surface area contributed by atoms with Crippen LogP contribution in [0, 0.1) is 5.92 Å². The SMILES string of the molecule is O=C(O)c1c(OC2CN(C(=O)CC3CNC3)C2)ccc2c1OB(O)CC2. The molecule has 0 aromatic heterocycles. The number of nitrogens with one attached hydrogen (secondary N) is 1. The first kappa shape index (κ1) is 17.2. The Morgan fingerprint density at radius 3 is 2.77 bits per heavy atom. The summed E-state index contributed by atoms with van der Waals surface area (Å²) < 4.78 is 11.2. The van der Waals surface area contributed by atoms with Crippen molar-refractivity contribution in [3.05, 3.63) is 23.3 Å². The maximum absolute atomic E-state index is 12.1. The molecule has 1 aromatic rings. The molecule has 8 nitrogen and oxygen atoms in total. The van der Waals surface area contributed by atoms with Crippen LogP contribution in [0.15, 0.2) is 12.1 Å². The van der Waals surface area contributed by atoms with Crippen LogP contribution in [0.5, 0.6) is 11.5 Å². The summed E-state index contributed by atoms with van der Waals surface area (Å²) in [4.78, 5) is 25.6. The predicted octanol–water partition coefficient (Wildman–Crippen LogP) is -0.000700. The molecule has 3 heterocycles. The van der Waals surface area contributed by atoms with Crippen molar-refractivity contribution in [3.63, 3.8) is 0 Å². The summed E-state index contributed by atoms with van der Waals surface area (Å²) in [5.41, 5.74) is 0.686. The van der Waals surface area contributed by atoms with Gasteiger partial charge in [-0.25, -0.2) is 4.79 Å². The molecule has 9 heteroatoms. The highest BCUT2D eigenvalue weighted by Gasteiger charge is 2.36. The summed E-state index contributed by atoms with van der Waals surface area (Å²) in [5.74, 6) is -0.225. The number of hydrogen-bond acceptors (Lipinski definition) is 6. The van der Waals surface area contributed by atoms with E-state index in [-0.39, 0.29) is 29.1 Å². The van der Waals surface area contributed by atoms with E-state index in [9.17, 15) is 19.7 Å². The summed E-state index contributed by atoms with van der Waals surface area (Å²) in [5, 5.41) is 22.4. The lowest BCUT2D eigenvalue weighted by atomic mass is 9.78. The van der Waals surface area contributed by atoms with Crippen LogP contribution in [0.1, 0.15) is 22.3 Å². The number of ether oxygens (including phenoxy) is 1. The molecule has 0 unspecified atom stereocenters. The minimum absolute atomic E-state index is 0.0634. The van der Waals surface area contributed by atoms with Crippen molar-refractivity contribution in [1.29, 1.82) is 0 Å². The third-order valence-electron chi connectivity index (χ3n) is 5.15. The molecular formula is C17H21BN2O6. The normalized spacial score (nSPS) is 19.9. The maximum Gasteiger partial charge on any atom is 0.522 e. The molecule has 0 radical (unpaired) electrons. The molecule has 1 aromatic carbocycles. The smallest absolute Gasteiger partial charge is 0.522 e. The number of amides is 1. The summed E-state index contributed by atoms with van der Waals surface area (Å²) in [6, 6.07) is 3.40. The van der Waals surface area contributed by atoms with E-state index in [4.69, 9.17) is 9.39 Å². The Morgan fingerprint density at radius 2 is 2.12 bits per heavy atom. The maximum atomic E-state index is 12.1. The lowest BCUT2D eigenvalue weighted by Gasteiger charge is -2.40. The van der Waals surface area contributed by atoms with Crippen LogP contribution in [-0.2, 0) is 11.2 Å². The van der Waals surface area contributed by atoms with Gasteiger partial charge in [0.05, 0.1) is 13.1 Å². The van der Waals surface area contributed by atoms with E-state index in [1.165, 1.54) is 0 Å². The Kier molecular flexibility index (Phi) is 4.50. The molecule has 26 heavy (non-hydrogen) atoms. The predicted molar refractivity (Wildman–Crippen MR) is 92.5 cm³/mol. The molecule has 3 aliphatic heterocycles. The van der Waals surface area contributed by atoms with Crippen LogP contribution in [0.3, 0.4) is 0 Å². The van der Waals surface area contributed by atoms with Gasteiger partial charge in [0.1, 0.15) is 23.2 Å². The summed E-state index contributed by atoms with van der Waals surface area (Å²) in [7, 11) is -1.01. The monoisotopic (exact) mass is 360 g/mol. The molecule has 3 aliphatic rings. The van der Waals surface area contributed by atoms with Gasteiger partial charge in [0, 0.05) is 6.42 Å². The van der Waals surface area contributed by atoms with E-state index in [1.54, 1.807) is 17.0 Å². The van der Waals surface area contributed by atoms with E-state index in [2.05, 4.69) is 5.32 Å². The van der Waals surface area contributed by atoms with Crippen LogP contribution in [0.4, 0.5) is 0 Å². The zero-order valence-electron chi connectivity index (χ0n) is 14.3. The fourth-order valence-electron chi connectivity index (χ4n) is 3.48. The number of carboxylic acid groups (broad SMARTS) is 1. The first-order valence-corrected chi connectivity index (χ1v) is 8.90. The molecule has 0 atom stereocenters. The van der Waals surface area contributed by atoms with Crippen molar-refractivity contribution < 1.29 is 29.1 Å². The number of fused-ring (bicyclic) bond motifs is 1. The second kappa shape index (κ2) is 6.81. The van der Waals surface area contributed by atoms with Crippen LogP contribution in [-0.4, -0.2) is 66.3 Å². The van der Waals surface area contributed by atoms with E-state index in [0.29, 0.717) is 38.2 Å². The van der Waals surface area contributed by atoms with Gasteiger partial charge in [0.25, 0.3) is 0 Å². The zero-order chi connectivity index (χ0) is 18.3. The van der Waals surface area contributed by atoms with Gasteiger partial charge >= 0.3 is 13.1 Å². The van der Waals surface area contributed by atoms with Gasteiger partial charge in [-0.1, -0.05) is 6.07 Å². The van der Waals surface area contributed by atoms with Gasteiger partial charge in [0.15, 0.2) is 0 Å². The Hall–Kier alpha value is -2.26. The molecule has 0 bridgehead atoms. The Bertz CT molecular complexity index is 732. The average molecular weight is 360 g/mol. The lowest BCUT2D eigenvalue weighted by molar-refractivity contribution is -0.141. The number of aryl methyl sites for hydroxylation is 1. The third-order valence-corrected chi connectivity index (χ3v) is 5.15. The topological polar surface area (TPSA) is 108 Å². The quantitative estimate of drug-likeness (QED) is 0.635. The Labute approximate surface area is 151 Å². The van der Waals surface area contributed by atoms with Crippen molar-refractivity contribution in [1.82, 2.24) is 10.2 Å². The lowest BCUT2D eigenvalue weighted by Crippen LogP contribution is -2.57. The number of aromatic carboxylic acids is 1. The first-order valence-electron chi connectivity index (χ1n) is 8.90. The fraction of sp³-hybridized carbons (Fsp3) is 0.529. The van der Waals surface area contributed by atoms with Crippen LogP contribution in [0.25, 0.3) is 0 Å². The fourth-order valence-corrected chi connectivity index (χ4v) is 3.48. The highest BCUT2D eigenvalue weighted by atomic mass is 16.5. The number of likely N-dealkylation sites (tertiary alicyclic amines) is 1. The highest BCUT2D eigenvalue weighted by molar-refractivity contribution is 6.44. The van der Waals surface area contributed by atoms with Gasteiger partial charge < -0.3 is 29.7 Å². The molecule has 0 saturated carbocycles. The van der Waals surface area contributed by atoms with Gasteiger partial charge in [0.2, 0.25) is 5.91 Å². The molecular weight excluding hydrogens is 339 g/mol. The Morgan fingerprint density at radius 1 is 1.35 bits per heavy atom. The van der Waals surface area contributed by atoms with E-state index < -0.39 is 13.1 Å². The summed E-state index contributed by atoms with van der Waals surface area (Å²) >= 11 is 0. The molecule has 2 fully saturated rings. The second-order valence-corrected chi connectivity index (χ2v) is 7.11. The average Bonchev–Trinajstić information content (AvgIpc) is 2.52. The van der Waals surface area contributed by atoms with E-state index in [1.807, 2.05) is 0 Å². The molecule has 4 rings (SSSR count). The third kappa shape index (κ3) is 3.24. The van der Waals surface area contributed by atoms with Crippen LogP contribution in [0.2, 0.25) is 6.32 Å². The number of rotatable bonds is 5. The van der Waals surface area contributed by atoms with E-state index >= 15 is 0 Å². The zero-order valence-corrected chi connectivity index (χ0v) is 14.3. The van der Waals surface area contributed by atoms with Crippen molar-refractivity contribution in [3.8, 4) is 11.5 Å². The molecule has 0 aliphatic carbocycles. The van der Waals surface area contributed by atoms with Gasteiger partial charge in [-0.2, -0.15) is 0 Å². The number of benzene rings is 1. The molecule has 3 N–H and O–H groups in total. The van der Waals surface area contributed by atoms with Crippen LogP contribution < -0.4 is 14.7 Å². The van der Waals surface area contributed by atoms with Crippen molar-refractivity contribution >= 4 is 19.0 Å². The van der Waals surface area contributed by atoms with Crippen molar-refractivity contribution in [2.75, 3.05) is 26.2 Å². The number of carboxylic acids is 1.